The van der Waals surface area contributed by atoms with Gasteiger partial charge in [-0.2, -0.15) is 8.78 Å². The van der Waals surface area contributed by atoms with Crippen LogP contribution in [0.3, 0.4) is 0 Å². The predicted octanol–water partition coefficient (Wildman–Crippen LogP) is 0.0961. The van der Waals surface area contributed by atoms with Gasteiger partial charge in [0.2, 0.25) is 0 Å². The SMILES string of the molecule is CC(O)NC(=O)C(C)(F)F. The Morgan fingerprint density at radius 1 is 1.70 bits per heavy atom. The molecule has 0 rings (SSSR count). The molecule has 2 N–H and O–H groups in total. The van der Waals surface area contributed by atoms with Crippen LogP contribution in [-0.2, 0) is 4.79 Å². The number of halogens is 2. The van der Waals surface area contributed by atoms with E-state index in [0.717, 1.165) is 0 Å². The van der Waals surface area contributed by atoms with E-state index in [1.165, 1.54) is 6.92 Å². The molecule has 0 aromatic heterocycles. The van der Waals surface area contributed by atoms with Crippen molar-refractivity contribution in [2.75, 3.05) is 0 Å². The summed E-state index contributed by atoms with van der Waals surface area (Å²) in [6, 6.07) is 0. The lowest BCUT2D eigenvalue weighted by molar-refractivity contribution is -0.145. The van der Waals surface area contributed by atoms with Gasteiger partial charge in [-0.3, -0.25) is 4.79 Å². The van der Waals surface area contributed by atoms with Gasteiger partial charge in [-0.15, -0.1) is 0 Å². The van der Waals surface area contributed by atoms with E-state index in [2.05, 4.69) is 0 Å². The third-order valence-electron chi connectivity index (χ3n) is 0.739. The Balaban J connectivity index is 3.87. The molecular weight excluding hydrogens is 144 g/mol. The summed E-state index contributed by atoms with van der Waals surface area (Å²) in [5.41, 5.74) is 0. The smallest absolute Gasteiger partial charge is 0.321 e. The molecule has 0 aliphatic carbocycles. The number of amides is 1. The van der Waals surface area contributed by atoms with Crippen LogP contribution in [0, 0.1) is 0 Å². The second-order valence-corrected chi connectivity index (χ2v) is 2.04. The summed E-state index contributed by atoms with van der Waals surface area (Å²) in [7, 11) is 0. The molecule has 0 aliphatic rings. The Morgan fingerprint density at radius 3 is 2.20 bits per heavy atom. The Kier molecular flexibility index (Phi) is 2.71. The summed E-state index contributed by atoms with van der Waals surface area (Å²) in [4.78, 5) is 10.3. The van der Waals surface area contributed by atoms with Crippen LogP contribution in [0.2, 0.25) is 0 Å². The highest BCUT2D eigenvalue weighted by molar-refractivity contribution is 5.82. The summed E-state index contributed by atoms with van der Waals surface area (Å²) in [6.07, 6.45) is -1.24. The number of aliphatic hydroxyl groups excluding tert-OH is 1. The molecule has 0 fully saturated rings. The van der Waals surface area contributed by atoms with Gasteiger partial charge in [0, 0.05) is 6.92 Å². The van der Waals surface area contributed by atoms with Crippen LogP contribution < -0.4 is 5.32 Å². The van der Waals surface area contributed by atoms with Gasteiger partial charge in [0.1, 0.15) is 6.23 Å². The van der Waals surface area contributed by atoms with E-state index >= 15 is 0 Å². The van der Waals surface area contributed by atoms with Crippen LogP contribution in [0.4, 0.5) is 8.78 Å². The molecule has 0 aromatic rings. The van der Waals surface area contributed by atoms with Gasteiger partial charge in [-0.25, -0.2) is 0 Å². The van der Waals surface area contributed by atoms with Gasteiger partial charge in [0.05, 0.1) is 0 Å². The fourth-order valence-electron chi connectivity index (χ4n) is 0.316. The van der Waals surface area contributed by atoms with Gasteiger partial charge in [0.25, 0.3) is 5.91 Å². The highest BCUT2D eigenvalue weighted by Gasteiger charge is 2.32. The van der Waals surface area contributed by atoms with Crippen molar-refractivity contribution in [3.63, 3.8) is 0 Å². The van der Waals surface area contributed by atoms with Gasteiger partial charge in [-0.1, -0.05) is 0 Å². The standard InChI is InChI=1S/C5H9F2NO2/c1-3(9)8-4(10)5(2,6)7/h3,9H,1-2H3,(H,8,10). The van der Waals surface area contributed by atoms with Crippen molar-refractivity contribution in [2.45, 2.75) is 26.0 Å². The Morgan fingerprint density at radius 2 is 2.10 bits per heavy atom. The summed E-state index contributed by atoms with van der Waals surface area (Å²) < 4.78 is 23.9. The lowest BCUT2D eigenvalue weighted by Gasteiger charge is -2.11. The van der Waals surface area contributed by atoms with Crippen molar-refractivity contribution in [1.82, 2.24) is 5.32 Å². The predicted molar refractivity (Wildman–Crippen MR) is 30.4 cm³/mol. The van der Waals surface area contributed by atoms with E-state index in [1.54, 1.807) is 5.32 Å². The quantitative estimate of drug-likeness (QED) is 0.552. The molecule has 60 valence electrons. The molecule has 0 bridgehead atoms. The van der Waals surface area contributed by atoms with E-state index in [4.69, 9.17) is 5.11 Å². The molecule has 0 radical (unpaired) electrons. The van der Waals surface area contributed by atoms with Gasteiger partial charge in [0.15, 0.2) is 0 Å². The zero-order valence-corrected chi connectivity index (χ0v) is 5.69. The Hall–Kier alpha value is -0.710. The van der Waals surface area contributed by atoms with Crippen molar-refractivity contribution >= 4 is 5.91 Å². The zero-order valence-electron chi connectivity index (χ0n) is 5.69. The van der Waals surface area contributed by atoms with Crippen LogP contribution in [0.5, 0.6) is 0 Å². The van der Waals surface area contributed by atoms with Crippen molar-refractivity contribution in [3.8, 4) is 0 Å². The first-order chi connectivity index (χ1) is 4.34. The molecule has 0 saturated heterocycles. The second-order valence-electron chi connectivity index (χ2n) is 2.04. The Labute approximate surface area is 57.0 Å². The molecule has 0 aliphatic heterocycles. The lowest BCUT2D eigenvalue weighted by atomic mass is 10.3. The molecule has 3 nitrogen and oxygen atoms in total. The number of carbonyl (C=O) groups is 1. The van der Waals surface area contributed by atoms with Crippen molar-refractivity contribution in [3.05, 3.63) is 0 Å². The molecule has 1 atom stereocenters. The van der Waals surface area contributed by atoms with Gasteiger partial charge < -0.3 is 10.4 Å². The summed E-state index contributed by atoms with van der Waals surface area (Å²) >= 11 is 0. The maximum Gasteiger partial charge on any atom is 0.321 e. The molecule has 10 heavy (non-hydrogen) atoms. The number of alkyl halides is 2. The summed E-state index contributed by atoms with van der Waals surface area (Å²) in [5, 5.41) is 10.1. The molecule has 0 aromatic carbocycles. The fraction of sp³-hybridized carbons (Fsp3) is 0.800. The average molecular weight is 153 g/mol. The number of rotatable bonds is 2. The van der Waals surface area contributed by atoms with Gasteiger partial charge in [-0.05, 0) is 6.92 Å². The van der Waals surface area contributed by atoms with Crippen LogP contribution in [0.25, 0.3) is 0 Å². The second kappa shape index (κ2) is 2.92. The highest BCUT2D eigenvalue weighted by Crippen LogP contribution is 2.10. The topological polar surface area (TPSA) is 49.3 Å². The highest BCUT2D eigenvalue weighted by atomic mass is 19.3. The molecule has 5 heteroatoms. The van der Waals surface area contributed by atoms with Crippen molar-refractivity contribution < 1.29 is 18.7 Å². The third-order valence-corrected chi connectivity index (χ3v) is 0.739. The molecule has 0 spiro atoms. The summed E-state index contributed by atoms with van der Waals surface area (Å²) in [5.74, 6) is -4.89. The maximum atomic E-state index is 12.0. The van der Waals surface area contributed by atoms with Gasteiger partial charge >= 0.3 is 5.92 Å². The molecule has 0 saturated carbocycles. The lowest BCUT2D eigenvalue weighted by Crippen LogP contribution is -2.42. The van der Waals surface area contributed by atoms with Crippen molar-refractivity contribution in [2.24, 2.45) is 0 Å². The minimum Gasteiger partial charge on any atom is -0.374 e. The van der Waals surface area contributed by atoms with E-state index in [9.17, 15) is 13.6 Å². The fourth-order valence-corrected chi connectivity index (χ4v) is 0.316. The number of hydrogen-bond acceptors (Lipinski definition) is 2. The van der Waals surface area contributed by atoms with E-state index in [-0.39, 0.29) is 0 Å². The van der Waals surface area contributed by atoms with Crippen LogP contribution in [0.15, 0.2) is 0 Å². The number of hydrogen-bond donors (Lipinski definition) is 2. The van der Waals surface area contributed by atoms with Crippen LogP contribution in [-0.4, -0.2) is 23.2 Å². The third kappa shape index (κ3) is 3.34. The minimum atomic E-state index is -3.42. The normalized spacial score (nSPS) is 14.5. The largest absolute Gasteiger partial charge is 0.374 e. The van der Waals surface area contributed by atoms with E-state index < -0.39 is 18.1 Å². The number of aliphatic hydroxyl groups is 1. The number of nitrogens with one attached hydrogen (secondary N) is 1. The zero-order chi connectivity index (χ0) is 8.36. The van der Waals surface area contributed by atoms with Crippen molar-refractivity contribution in [1.29, 1.82) is 0 Å². The molecule has 0 heterocycles. The monoisotopic (exact) mass is 153 g/mol. The van der Waals surface area contributed by atoms with E-state index in [0.29, 0.717) is 6.92 Å². The van der Waals surface area contributed by atoms with E-state index in [1.807, 2.05) is 0 Å². The first-order valence-corrected chi connectivity index (χ1v) is 2.71. The molecule has 1 unspecified atom stereocenters. The average Bonchev–Trinajstić information content (AvgIpc) is 1.60. The van der Waals surface area contributed by atoms with Crippen LogP contribution in [0.1, 0.15) is 13.8 Å². The number of carbonyl (C=O) groups excluding carboxylic acids is 1. The minimum absolute atomic E-state index is 0.463. The Bertz CT molecular complexity index is 130. The molecular formula is C5H9F2NO2. The maximum absolute atomic E-state index is 12.0. The molecule has 1 amide bonds. The first-order valence-electron chi connectivity index (χ1n) is 2.71. The van der Waals surface area contributed by atoms with Crippen LogP contribution >= 0.6 is 0 Å². The first kappa shape index (κ1) is 9.29. The summed E-state index contributed by atoms with van der Waals surface area (Å²) in [6.45, 7) is 1.65.